The van der Waals surface area contributed by atoms with Crippen LogP contribution in [0.4, 0.5) is 0 Å². The van der Waals surface area contributed by atoms with E-state index in [0.29, 0.717) is 71.5 Å². The molecule has 0 aromatic carbocycles. The van der Waals surface area contributed by atoms with Crippen LogP contribution in [0.15, 0.2) is 0 Å². The number of hydrogen-bond donors (Lipinski definition) is 0. The Hall–Kier alpha value is -0.360. The van der Waals surface area contributed by atoms with Crippen LogP contribution in [0.5, 0.6) is 0 Å². The van der Waals surface area contributed by atoms with E-state index in [4.69, 9.17) is 0 Å². The molecule has 0 aliphatic carbocycles. The maximum absolute atomic E-state index is 2.63. The first-order valence-electron chi connectivity index (χ1n) is 50.2. The molecule has 9 aliphatic rings. The highest BCUT2D eigenvalue weighted by atomic mass is 15.3. The van der Waals surface area contributed by atoms with Crippen molar-refractivity contribution >= 4 is 0 Å². The molecule has 9 heterocycles. The Morgan fingerprint density at radius 2 is 0.333 bits per heavy atom. The first-order valence-corrected chi connectivity index (χ1v) is 50.2. The normalized spacial score (nSPS) is 21.9. The summed E-state index contributed by atoms with van der Waals surface area (Å²) in [5, 5.41) is 0. The van der Waals surface area contributed by atoms with Gasteiger partial charge in [0.25, 0.3) is 0 Å². The molecule has 2 atom stereocenters. The summed E-state index contributed by atoms with van der Waals surface area (Å²) in [6, 6.07) is 0. The molecule has 0 spiro atoms. The van der Waals surface area contributed by atoms with Crippen LogP contribution in [0.2, 0.25) is 0 Å². The first-order chi connectivity index (χ1) is 52.5. The summed E-state index contributed by atoms with van der Waals surface area (Å²) >= 11 is 0. The van der Waals surface area contributed by atoms with Crippen LogP contribution in [0.25, 0.3) is 0 Å². The molecular formula is C108H237N9. The molecule has 9 aliphatic heterocycles. The maximum atomic E-state index is 2.63. The van der Waals surface area contributed by atoms with E-state index in [0.717, 1.165) is 47.3 Å². The fraction of sp³-hybridized carbons (Fsp3) is 1.00. The van der Waals surface area contributed by atoms with Gasteiger partial charge in [-0.3, -0.25) is 44.1 Å². The highest BCUT2D eigenvalue weighted by Gasteiger charge is 2.43. The third-order valence-electron chi connectivity index (χ3n) is 24.8. The van der Waals surface area contributed by atoms with Gasteiger partial charge in [0.1, 0.15) is 0 Å². The predicted octanol–water partition coefficient (Wildman–Crippen LogP) is 30.7. The lowest BCUT2D eigenvalue weighted by molar-refractivity contribution is -0.00902. The molecule has 0 N–H and O–H groups in total. The summed E-state index contributed by atoms with van der Waals surface area (Å²) < 4.78 is 0. The molecule has 0 aromatic heterocycles. The van der Waals surface area contributed by atoms with E-state index in [9.17, 15) is 0 Å². The quantitative estimate of drug-likeness (QED) is 0.235. The molecule has 714 valence electrons. The number of rotatable bonds is 0. The maximum Gasteiger partial charge on any atom is 0.0125 e. The lowest BCUT2D eigenvalue weighted by Gasteiger charge is -2.50. The molecule has 0 aromatic rings. The molecule has 9 fully saturated rings. The second-order valence-electron chi connectivity index (χ2n) is 51.1. The molecule has 0 unspecified atom stereocenters. The molecular weight excluding hydrogens is 1420 g/mol. The van der Waals surface area contributed by atoms with Gasteiger partial charge in [0.2, 0.25) is 0 Å². The van der Waals surface area contributed by atoms with Gasteiger partial charge < -0.3 is 0 Å². The summed E-state index contributed by atoms with van der Waals surface area (Å²) in [6.07, 6.45) is 18.5. The third-order valence-corrected chi connectivity index (χ3v) is 24.8. The van der Waals surface area contributed by atoms with Gasteiger partial charge in [0.05, 0.1) is 0 Å². The molecule has 9 heteroatoms. The minimum Gasteiger partial charge on any atom is -0.298 e. The highest BCUT2D eigenvalue weighted by Crippen LogP contribution is 2.47. The van der Waals surface area contributed by atoms with Crippen LogP contribution in [-0.4, -0.2) is 212 Å². The SMILES string of the molecule is CC(C)(C)C1CCN(C(C)(C)C)CC1.CC(C)(C)C1CCN(C(C)(C)C)CC1.CC(C)(C)N1CCC(C)(C(C)(C)C)CC1.CC1CN(C(C)(C)C)C1.CC1CN(C(C)(C)C)C1.CC1CN(C(C)(C)C)C1.CC1CN(C(C)(C)C)C1.CCC.CCC.CCC.CCC.CCC.CCC.C[C@@H]1CCN(C(C)(C)C)C1.C[C@H]1CCN(C(C)(C)C)C1. The van der Waals surface area contributed by atoms with Gasteiger partial charge in [-0.05, 0) is 360 Å². The van der Waals surface area contributed by atoms with Crippen molar-refractivity contribution < 1.29 is 0 Å². The minimum atomic E-state index is 0.346. The molecule has 117 heavy (non-hydrogen) atoms. The van der Waals surface area contributed by atoms with Crippen LogP contribution < -0.4 is 0 Å². The van der Waals surface area contributed by atoms with Crippen molar-refractivity contribution in [3.63, 3.8) is 0 Å². The zero-order chi connectivity index (χ0) is 93.9. The number of likely N-dealkylation sites (tertiary alicyclic amines) is 9. The van der Waals surface area contributed by atoms with Gasteiger partial charge in [-0.15, -0.1) is 0 Å². The van der Waals surface area contributed by atoms with Crippen LogP contribution in [0.3, 0.4) is 0 Å². The Kier molecular flexibility index (Phi) is 64.1. The monoisotopic (exact) mass is 1660 g/mol. The zero-order valence-electron chi connectivity index (χ0n) is 92.8. The summed E-state index contributed by atoms with van der Waals surface area (Å²) in [5.74, 6) is 7.41. The van der Waals surface area contributed by atoms with Crippen molar-refractivity contribution in [2.75, 3.05) is 118 Å². The fourth-order valence-corrected chi connectivity index (χ4v) is 15.3. The van der Waals surface area contributed by atoms with E-state index in [1.807, 2.05) is 0 Å². The average molecular weight is 1660 g/mol. The first kappa shape index (κ1) is 127. The molecule has 0 radical (unpaired) electrons. The Labute approximate surface area is 747 Å². The second kappa shape index (κ2) is 58.9. The van der Waals surface area contributed by atoms with E-state index in [-0.39, 0.29) is 0 Å². The zero-order valence-corrected chi connectivity index (χ0v) is 92.8. The van der Waals surface area contributed by atoms with Crippen molar-refractivity contribution in [2.24, 2.45) is 69.0 Å². The summed E-state index contributed by atoms with van der Waals surface area (Å²) in [4.78, 5) is 23.0. The van der Waals surface area contributed by atoms with E-state index < -0.39 is 0 Å². The summed E-state index contributed by atoms with van der Waals surface area (Å²) in [7, 11) is 0. The topological polar surface area (TPSA) is 29.2 Å². The van der Waals surface area contributed by atoms with E-state index in [2.05, 4.69) is 425 Å². The Balaban J connectivity index is -0.000000290. The van der Waals surface area contributed by atoms with Gasteiger partial charge >= 0.3 is 0 Å². The highest BCUT2D eigenvalue weighted by molar-refractivity contribution is 4.95. The van der Waals surface area contributed by atoms with Gasteiger partial charge in [0.15, 0.2) is 0 Å². The summed E-state index contributed by atoms with van der Waals surface area (Å²) in [5.41, 5.74) is 5.47. The predicted molar refractivity (Wildman–Crippen MR) is 543 cm³/mol. The molecule has 9 nitrogen and oxygen atoms in total. The fourth-order valence-electron chi connectivity index (χ4n) is 15.3. The standard InChI is InChI=1S/C14H29N.2C13H27N.2C9H19N.4C8H17N.6C3H8/c1-12(2,3)14(7)8-10-15(11-9-14)13(4,5)6;2*1-12(2,3)11-7-9-14(10-8-11)13(4,5)6;2*1-8-5-6-10(7-8)9(2,3)4;4*1-7-5-9(6-7)8(2,3)4;6*1-3-2/h8-11H2,1-7H3;2*11H,7-10H2,1-6H3;2*8H,5-7H2,1-4H3;4*7H,5-6H2,1-4H3;6*3H2,1-2H3/t;;;2*8-;;;;;;;;;;/m...10........../s1. The van der Waals surface area contributed by atoms with E-state index >= 15 is 0 Å². The van der Waals surface area contributed by atoms with Crippen molar-refractivity contribution in [2.45, 2.75) is 521 Å². The second-order valence-corrected chi connectivity index (χ2v) is 51.1. The number of hydrogen-bond acceptors (Lipinski definition) is 9. The van der Waals surface area contributed by atoms with Crippen molar-refractivity contribution in [3.8, 4) is 0 Å². The molecule has 0 amide bonds. The van der Waals surface area contributed by atoms with Gasteiger partial charge in [-0.1, -0.05) is 232 Å². The Bertz CT molecular complexity index is 2000. The van der Waals surface area contributed by atoms with Crippen molar-refractivity contribution in [1.82, 2.24) is 44.1 Å². The average Bonchev–Trinajstić information content (AvgIpc) is 1.36. The third kappa shape index (κ3) is 60.9. The molecule has 9 rings (SSSR count). The van der Waals surface area contributed by atoms with Gasteiger partial charge in [-0.2, -0.15) is 0 Å². The van der Waals surface area contributed by atoms with Gasteiger partial charge in [-0.25, -0.2) is 0 Å². The van der Waals surface area contributed by atoms with Crippen LogP contribution in [0.1, 0.15) is 471 Å². The lowest BCUT2D eigenvalue weighted by Crippen LogP contribution is -2.54. The Morgan fingerprint density at radius 3 is 0.427 bits per heavy atom. The number of piperidine rings is 3. The smallest absolute Gasteiger partial charge is 0.0125 e. The van der Waals surface area contributed by atoms with Crippen molar-refractivity contribution in [1.29, 1.82) is 0 Å². The van der Waals surface area contributed by atoms with Crippen molar-refractivity contribution in [3.05, 3.63) is 0 Å². The van der Waals surface area contributed by atoms with E-state index in [1.54, 1.807) is 0 Å². The summed E-state index contributed by atoms with van der Waals surface area (Å²) in [6.45, 7) is 149. The molecule has 0 bridgehead atoms. The van der Waals surface area contributed by atoms with Crippen LogP contribution in [-0.2, 0) is 0 Å². The lowest BCUT2D eigenvalue weighted by atomic mass is 9.62. The van der Waals surface area contributed by atoms with Crippen LogP contribution >= 0.6 is 0 Å². The molecule has 9 saturated heterocycles. The van der Waals surface area contributed by atoms with E-state index in [1.165, 1.54) is 208 Å². The largest absolute Gasteiger partial charge is 0.298 e. The molecule has 0 saturated carbocycles. The minimum absolute atomic E-state index is 0.346. The number of nitrogens with zero attached hydrogens (tertiary/aromatic N) is 9. The van der Waals surface area contributed by atoms with Gasteiger partial charge in [0, 0.05) is 115 Å². The Morgan fingerprint density at radius 1 is 0.197 bits per heavy atom. The van der Waals surface area contributed by atoms with Crippen LogP contribution in [0, 0.1) is 69.0 Å².